The van der Waals surface area contributed by atoms with Gasteiger partial charge in [-0.2, -0.15) is 0 Å². The summed E-state index contributed by atoms with van der Waals surface area (Å²) < 4.78 is 0. The van der Waals surface area contributed by atoms with Crippen LogP contribution in [0.4, 0.5) is 11.4 Å². The summed E-state index contributed by atoms with van der Waals surface area (Å²) in [5, 5.41) is 32.8. The molecule has 1 heterocycles. The Kier molecular flexibility index (Phi) is 6.30. The predicted molar refractivity (Wildman–Crippen MR) is 110 cm³/mol. The van der Waals surface area contributed by atoms with Crippen LogP contribution in [0, 0.1) is 10.1 Å². The van der Waals surface area contributed by atoms with Gasteiger partial charge in [0.05, 0.1) is 27.7 Å². The van der Waals surface area contributed by atoms with E-state index < -0.39 is 40.8 Å². The van der Waals surface area contributed by atoms with E-state index in [-0.39, 0.29) is 40.9 Å². The number of amides is 3. The fourth-order valence-electron chi connectivity index (χ4n) is 3.48. The van der Waals surface area contributed by atoms with Gasteiger partial charge < -0.3 is 15.5 Å². The number of carbonyl (C=O) groups excluding carboxylic acids is 3. The molecule has 11 nitrogen and oxygen atoms in total. The maximum absolute atomic E-state index is 12.5. The molecule has 166 valence electrons. The molecule has 3 N–H and O–H groups in total. The lowest BCUT2D eigenvalue weighted by atomic mass is 10.1. The third kappa shape index (κ3) is 4.32. The third-order valence-corrected chi connectivity index (χ3v) is 5.03. The minimum atomic E-state index is -1.54. The number of benzene rings is 2. The number of nitro groups is 1. The van der Waals surface area contributed by atoms with Crippen LogP contribution in [0.1, 0.15) is 52.1 Å². The summed E-state index contributed by atoms with van der Waals surface area (Å²) >= 11 is 0. The maximum atomic E-state index is 12.5. The van der Waals surface area contributed by atoms with Crippen LogP contribution in [-0.2, 0) is 9.59 Å². The Morgan fingerprint density at radius 2 is 1.72 bits per heavy atom. The van der Waals surface area contributed by atoms with Crippen molar-refractivity contribution < 1.29 is 34.3 Å². The van der Waals surface area contributed by atoms with E-state index in [1.54, 1.807) is 12.1 Å². The molecule has 0 spiro atoms. The van der Waals surface area contributed by atoms with Crippen LogP contribution in [-0.4, -0.2) is 49.8 Å². The monoisotopic (exact) mass is 441 g/mol. The van der Waals surface area contributed by atoms with Crippen molar-refractivity contribution in [1.29, 1.82) is 0 Å². The number of nitro benzene ring substituents is 1. The molecule has 2 aromatic carbocycles. The molecule has 0 saturated heterocycles. The third-order valence-electron chi connectivity index (χ3n) is 5.03. The van der Waals surface area contributed by atoms with Crippen LogP contribution in [0.5, 0.6) is 0 Å². The highest BCUT2D eigenvalue weighted by Crippen LogP contribution is 2.29. The molecule has 1 aliphatic heterocycles. The van der Waals surface area contributed by atoms with Gasteiger partial charge in [-0.3, -0.25) is 29.4 Å². The van der Waals surface area contributed by atoms with E-state index in [1.165, 1.54) is 31.2 Å². The molecule has 3 rings (SSSR count). The molecule has 0 aliphatic carbocycles. The number of nitrogens with one attached hydrogen (secondary N) is 1. The first-order valence-corrected chi connectivity index (χ1v) is 9.57. The standard InChI is InChI=1S/C21H19N3O8/c1-11(25)15-10-12(6-7-16(15)24(31)32)22-18(26)9-8-17(21(29)30)23-19(27)13-4-2-3-5-14(13)20(23)28/h2-7,10-11,17,25H,8-9H2,1H3,(H,22,26)(H,29,30)/t11?,17-/m0/s1. The Balaban J connectivity index is 1.71. The number of carboxylic acids is 1. The summed E-state index contributed by atoms with van der Waals surface area (Å²) in [5.74, 6) is -3.54. The average Bonchev–Trinajstić information content (AvgIpc) is 2.99. The van der Waals surface area contributed by atoms with Crippen molar-refractivity contribution in [2.75, 3.05) is 5.32 Å². The number of hydrogen-bond donors (Lipinski definition) is 3. The number of aliphatic hydroxyl groups excluding tert-OH is 1. The largest absolute Gasteiger partial charge is 0.480 e. The molecule has 0 fully saturated rings. The molecule has 1 unspecified atom stereocenters. The first kappa shape index (κ1) is 22.6. The quantitative estimate of drug-likeness (QED) is 0.318. The second kappa shape index (κ2) is 8.94. The second-order valence-corrected chi connectivity index (χ2v) is 7.17. The zero-order valence-corrected chi connectivity index (χ0v) is 16.8. The van der Waals surface area contributed by atoms with Crippen molar-refractivity contribution in [3.05, 3.63) is 69.3 Å². The summed E-state index contributed by atoms with van der Waals surface area (Å²) in [6, 6.07) is 8.09. The van der Waals surface area contributed by atoms with Crippen molar-refractivity contribution in [2.24, 2.45) is 0 Å². The highest BCUT2D eigenvalue weighted by molar-refractivity contribution is 6.22. The summed E-state index contributed by atoms with van der Waals surface area (Å²) in [7, 11) is 0. The first-order chi connectivity index (χ1) is 15.1. The Morgan fingerprint density at radius 3 is 2.22 bits per heavy atom. The van der Waals surface area contributed by atoms with Crippen LogP contribution in [0.2, 0.25) is 0 Å². The van der Waals surface area contributed by atoms with Gasteiger partial charge in [0.1, 0.15) is 6.04 Å². The number of nitrogens with zero attached hydrogens (tertiary/aromatic N) is 2. The van der Waals surface area contributed by atoms with E-state index in [4.69, 9.17) is 0 Å². The molecule has 2 aromatic rings. The number of anilines is 1. The number of imide groups is 1. The molecule has 2 atom stereocenters. The van der Waals surface area contributed by atoms with Crippen molar-refractivity contribution in [3.63, 3.8) is 0 Å². The van der Waals surface area contributed by atoms with E-state index in [0.29, 0.717) is 4.90 Å². The van der Waals surface area contributed by atoms with Gasteiger partial charge >= 0.3 is 5.97 Å². The van der Waals surface area contributed by atoms with Crippen molar-refractivity contribution >= 4 is 35.1 Å². The number of hydrogen-bond acceptors (Lipinski definition) is 7. The smallest absolute Gasteiger partial charge is 0.326 e. The van der Waals surface area contributed by atoms with Crippen molar-refractivity contribution in [3.8, 4) is 0 Å². The normalized spacial score (nSPS) is 14.6. The molecule has 0 aromatic heterocycles. The van der Waals surface area contributed by atoms with Gasteiger partial charge in [0.15, 0.2) is 0 Å². The van der Waals surface area contributed by atoms with Crippen LogP contribution >= 0.6 is 0 Å². The SMILES string of the molecule is CC(O)c1cc(NC(=O)CC[C@@H](C(=O)O)N2C(=O)c3ccccc3C2=O)ccc1[N+](=O)[O-]. The van der Waals surface area contributed by atoms with E-state index in [1.807, 2.05) is 0 Å². The zero-order valence-electron chi connectivity index (χ0n) is 16.8. The van der Waals surface area contributed by atoms with Crippen LogP contribution in [0.25, 0.3) is 0 Å². The van der Waals surface area contributed by atoms with Gasteiger partial charge in [0.25, 0.3) is 17.5 Å². The molecule has 3 amide bonds. The molecule has 1 aliphatic rings. The Labute approximate surface area is 181 Å². The minimum absolute atomic E-state index is 0.00207. The fraction of sp³-hybridized carbons (Fsp3) is 0.238. The van der Waals surface area contributed by atoms with Crippen molar-refractivity contribution in [2.45, 2.75) is 31.9 Å². The lowest BCUT2D eigenvalue weighted by Gasteiger charge is -2.22. The fourth-order valence-corrected chi connectivity index (χ4v) is 3.48. The van der Waals surface area contributed by atoms with Crippen LogP contribution in [0.15, 0.2) is 42.5 Å². The summed E-state index contributed by atoms with van der Waals surface area (Å²) in [6.45, 7) is 1.34. The number of carbonyl (C=O) groups is 4. The maximum Gasteiger partial charge on any atom is 0.326 e. The van der Waals surface area contributed by atoms with Gasteiger partial charge in [0, 0.05) is 18.2 Å². The highest BCUT2D eigenvalue weighted by Gasteiger charge is 2.42. The number of rotatable bonds is 8. The molecule has 0 bridgehead atoms. The lowest BCUT2D eigenvalue weighted by Crippen LogP contribution is -2.45. The topological polar surface area (TPSA) is 167 Å². The Hall–Kier alpha value is -4.12. The lowest BCUT2D eigenvalue weighted by molar-refractivity contribution is -0.386. The molecular formula is C21H19N3O8. The number of aliphatic hydroxyl groups is 1. The minimum Gasteiger partial charge on any atom is -0.480 e. The van der Waals surface area contributed by atoms with Gasteiger partial charge in [0.2, 0.25) is 5.91 Å². The van der Waals surface area contributed by atoms with Gasteiger partial charge in [-0.05, 0) is 37.6 Å². The van der Waals surface area contributed by atoms with Gasteiger partial charge in [-0.15, -0.1) is 0 Å². The average molecular weight is 441 g/mol. The van der Waals surface area contributed by atoms with E-state index in [9.17, 15) is 39.5 Å². The highest BCUT2D eigenvalue weighted by atomic mass is 16.6. The summed E-state index contributed by atoms with van der Waals surface area (Å²) in [4.78, 5) is 60.2. The molecule has 0 radical (unpaired) electrons. The van der Waals surface area contributed by atoms with Crippen LogP contribution in [0.3, 0.4) is 0 Å². The zero-order chi connectivity index (χ0) is 23.6. The van der Waals surface area contributed by atoms with Crippen LogP contribution < -0.4 is 5.32 Å². The van der Waals surface area contributed by atoms with E-state index in [0.717, 1.165) is 6.07 Å². The van der Waals surface area contributed by atoms with Gasteiger partial charge in [-0.1, -0.05) is 12.1 Å². The van der Waals surface area contributed by atoms with Crippen molar-refractivity contribution in [1.82, 2.24) is 4.90 Å². The Morgan fingerprint density at radius 1 is 1.12 bits per heavy atom. The number of carboxylic acid groups (broad SMARTS) is 1. The Bertz CT molecular complexity index is 1090. The van der Waals surface area contributed by atoms with Gasteiger partial charge in [-0.25, -0.2) is 4.79 Å². The second-order valence-electron chi connectivity index (χ2n) is 7.17. The summed E-state index contributed by atoms with van der Waals surface area (Å²) in [5.41, 5.74) is 0.0652. The molecule has 0 saturated carbocycles. The molecule has 32 heavy (non-hydrogen) atoms. The van der Waals surface area contributed by atoms with E-state index >= 15 is 0 Å². The molecule has 11 heteroatoms. The predicted octanol–water partition coefficient (Wildman–Crippen LogP) is 2.12. The first-order valence-electron chi connectivity index (χ1n) is 9.57. The number of fused-ring (bicyclic) bond motifs is 1. The summed E-state index contributed by atoms with van der Waals surface area (Å²) in [6.07, 6.45) is -1.83. The van der Waals surface area contributed by atoms with E-state index in [2.05, 4.69) is 5.32 Å². The molecular weight excluding hydrogens is 422 g/mol. The number of aliphatic carboxylic acids is 1.